The number of fused-ring (bicyclic) bond motifs is 3. The molecule has 3 fully saturated rings. The number of carbonyl (C=O) groups excluding carboxylic acids is 1. The van der Waals surface area contributed by atoms with Crippen molar-refractivity contribution in [1.29, 1.82) is 0 Å². The van der Waals surface area contributed by atoms with Crippen molar-refractivity contribution in [3.8, 4) is 0 Å². The molecule has 2 nitrogen and oxygen atoms in total. The second kappa shape index (κ2) is 4.85. The van der Waals surface area contributed by atoms with Crippen LogP contribution in [0.1, 0.15) is 41.6 Å². The molecule has 1 aromatic rings. The van der Waals surface area contributed by atoms with Crippen molar-refractivity contribution < 1.29 is 9.69 Å². The van der Waals surface area contributed by atoms with Crippen molar-refractivity contribution in [1.82, 2.24) is 0 Å². The van der Waals surface area contributed by atoms with Crippen molar-refractivity contribution in [2.45, 2.75) is 38.6 Å². The largest absolute Gasteiger partial charge is 0.332 e. The first-order valence-electron chi connectivity index (χ1n) is 7.17. The minimum Gasteiger partial charge on any atom is -0.332 e. The normalized spacial score (nSPS) is 30.4. The number of aryl methyl sites for hydroxylation is 1. The maximum Gasteiger partial charge on any atom is 0.168 e. The third kappa shape index (κ3) is 2.35. The molecule has 3 aliphatic rings. The highest BCUT2D eigenvalue weighted by atomic mass is 16.1. The summed E-state index contributed by atoms with van der Waals surface area (Å²) >= 11 is 0. The number of hydrogen-bond donors (Lipinski definition) is 1. The molecule has 0 saturated carbocycles. The maximum atomic E-state index is 12.3. The Morgan fingerprint density at radius 3 is 2.44 bits per heavy atom. The zero-order valence-electron chi connectivity index (χ0n) is 11.1. The van der Waals surface area contributed by atoms with Crippen LogP contribution in [0.3, 0.4) is 0 Å². The Bertz CT molecular complexity index is 429. The Labute approximate surface area is 109 Å². The van der Waals surface area contributed by atoms with Crippen molar-refractivity contribution in [3.05, 3.63) is 35.4 Å². The van der Waals surface area contributed by atoms with Crippen LogP contribution in [-0.4, -0.2) is 24.9 Å². The molecule has 0 amide bonds. The molecule has 0 radical (unpaired) electrons. The molecule has 96 valence electrons. The van der Waals surface area contributed by atoms with Crippen LogP contribution in [0.5, 0.6) is 0 Å². The smallest absolute Gasteiger partial charge is 0.168 e. The van der Waals surface area contributed by atoms with Crippen LogP contribution < -0.4 is 4.90 Å². The van der Waals surface area contributed by atoms with E-state index in [-0.39, 0.29) is 0 Å². The first kappa shape index (κ1) is 11.9. The predicted octanol–water partition coefficient (Wildman–Crippen LogP) is 1.64. The number of Topliss-reactive ketones (excluding diaryl/α,β-unsaturated/α-hetero) is 1. The molecule has 2 bridgehead atoms. The molecule has 3 aliphatic heterocycles. The summed E-state index contributed by atoms with van der Waals surface area (Å²) in [5.74, 6) is 1.23. The van der Waals surface area contributed by atoms with E-state index in [0.717, 1.165) is 17.9 Å². The van der Waals surface area contributed by atoms with Gasteiger partial charge >= 0.3 is 0 Å². The quantitative estimate of drug-likeness (QED) is 0.802. The Hall–Kier alpha value is -1.15. The summed E-state index contributed by atoms with van der Waals surface area (Å²) in [6.45, 7) is 4.64. The molecule has 1 N–H and O–H groups in total. The maximum absolute atomic E-state index is 12.3. The zero-order chi connectivity index (χ0) is 12.5. The molecule has 4 rings (SSSR count). The van der Waals surface area contributed by atoms with Gasteiger partial charge in [-0.15, -0.1) is 0 Å². The fourth-order valence-corrected chi connectivity index (χ4v) is 3.57. The molecule has 2 heteroatoms. The van der Waals surface area contributed by atoms with Crippen molar-refractivity contribution >= 4 is 5.78 Å². The summed E-state index contributed by atoms with van der Waals surface area (Å²) < 4.78 is 0. The van der Waals surface area contributed by atoms with Gasteiger partial charge in [0.15, 0.2) is 5.78 Å². The van der Waals surface area contributed by atoms with Gasteiger partial charge in [0.2, 0.25) is 0 Å². The molecule has 3 saturated heterocycles. The van der Waals surface area contributed by atoms with E-state index >= 15 is 0 Å². The fraction of sp³-hybridized carbons (Fsp3) is 0.562. The van der Waals surface area contributed by atoms with Gasteiger partial charge in [-0.2, -0.15) is 0 Å². The Morgan fingerprint density at radius 2 is 1.89 bits per heavy atom. The lowest BCUT2D eigenvalue weighted by Crippen LogP contribution is -3.18. The minimum absolute atomic E-state index is 0.333. The molecule has 3 heterocycles. The average Bonchev–Trinajstić information content (AvgIpc) is 2.41. The van der Waals surface area contributed by atoms with Gasteiger partial charge in [0.1, 0.15) is 0 Å². The molecule has 0 aromatic heterocycles. The summed E-state index contributed by atoms with van der Waals surface area (Å²) in [7, 11) is 0. The van der Waals surface area contributed by atoms with Crippen LogP contribution >= 0.6 is 0 Å². The lowest BCUT2D eigenvalue weighted by atomic mass is 9.81. The number of rotatable bonds is 3. The van der Waals surface area contributed by atoms with Crippen LogP contribution in [0.25, 0.3) is 0 Å². The first-order valence-corrected chi connectivity index (χ1v) is 7.17. The molecular weight excluding hydrogens is 222 g/mol. The fourth-order valence-electron chi connectivity index (χ4n) is 3.57. The molecular formula is C16H22NO+. The lowest BCUT2D eigenvalue weighted by molar-refractivity contribution is -0.941. The van der Waals surface area contributed by atoms with Crippen LogP contribution in [0.2, 0.25) is 0 Å². The standard InChI is InChI=1S/C16H21NO/c1-12-2-4-14(5-3-12)16(18)11-15-10-13-6-8-17(15)9-7-13/h2-5,13,15H,6-11H2,1H3/p+1. The molecule has 1 aromatic carbocycles. The summed E-state index contributed by atoms with van der Waals surface area (Å²) in [5.41, 5.74) is 2.11. The van der Waals surface area contributed by atoms with Crippen LogP contribution in [0, 0.1) is 12.8 Å². The monoisotopic (exact) mass is 244 g/mol. The van der Waals surface area contributed by atoms with E-state index in [9.17, 15) is 4.79 Å². The lowest BCUT2D eigenvalue weighted by Gasteiger charge is -2.42. The van der Waals surface area contributed by atoms with Crippen LogP contribution in [0.4, 0.5) is 0 Å². The van der Waals surface area contributed by atoms with E-state index in [1.54, 1.807) is 4.90 Å². The summed E-state index contributed by atoms with van der Waals surface area (Å²) in [4.78, 5) is 14.0. The van der Waals surface area contributed by atoms with E-state index in [0.29, 0.717) is 11.8 Å². The average molecular weight is 244 g/mol. The minimum atomic E-state index is 0.333. The van der Waals surface area contributed by atoms with Gasteiger partial charge in [0.05, 0.1) is 25.6 Å². The Kier molecular flexibility index (Phi) is 3.21. The third-order valence-electron chi connectivity index (χ3n) is 4.75. The highest BCUT2D eigenvalue weighted by Gasteiger charge is 2.37. The summed E-state index contributed by atoms with van der Waals surface area (Å²) in [6, 6.07) is 8.61. The van der Waals surface area contributed by atoms with Crippen LogP contribution in [-0.2, 0) is 0 Å². The zero-order valence-corrected chi connectivity index (χ0v) is 11.1. The number of nitrogens with one attached hydrogen (secondary N) is 1. The third-order valence-corrected chi connectivity index (χ3v) is 4.75. The Morgan fingerprint density at radius 1 is 1.22 bits per heavy atom. The number of piperidine rings is 3. The van der Waals surface area contributed by atoms with Gasteiger partial charge in [0.25, 0.3) is 0 Å². The highest BCUT2D eigenvalue weighted by Crippen LogP contribution is 2.23. The van der Waals surface area contributed by atoms with E-state index in [1.807, 2.05) is 24.3 Å². The topological polar surface area (TPSA) is 21.5 Å². The predicted molar refractivity (Wildman–Crippen MR) is 72.0 cm³/mol. The molecule has 1 unspecified atom stereocenters. The van der Waals surface area contributed by atoms with Gasteiger partial charge < -0.3 is 4.90 Å². The number of quaternary nitrogens is 1. The van der Waals surface area contributed by atoms with Gasteiger partial charge in [-0.05, 0) is 25.7 Å². The number of ketones is 1. The van der Waals surface area contributed by atoms with Gasteiger partial charge in [0, 0.05) is 12.0 Å². The number of hydrogen-bond acceptors (Lipinski definition) is 1. The van der Waals surface area contributed by atoms with E-state index in [4.69, 9.17) is 0 Å². The van der Waals surface area contributed by atoms with E-state index in [1.165, 1.54) is 37.9 Å². The van der Waals surface area contributed by atoms with E-state index in [2.05, 4.69) is 6.92 Å². The van der Waals surface area contributed by atoms with E-state index < -0.39 is 0 Å². The van der Waals surface area contributed by atoms with Crippen molar-refractivity contribution in [2.75, 3.05) is 13.1 Å². The van der Waals surface area contributed by atoms with Crippen molar-refractivity contribution in [3.63, 3.8) is 0 Å². The van der Waals surface area contributed by atoms with Crippen LogP contribution in [0.15, 0.2) is 24.3 Å². The molecule has 0 spiro atoms. The van der Waals surface area contributed by atoms with Gasteiger partial charge in [-0.1, -0.05) is 29.8 Å². The van der Waals surface area contributed by atoms with Crippen molar-refractivity contribution in [2.24, 2.45) is 5.92 Å². The second-order valence-corrected chi connectivity index (χ2v) is 6.03. The molecule has 1 atom stereocenters. The summed E-state index contributed by atoms with van der Waals surface area (Å²) in [6.07, 6.45) is 4.77. The number of benzene rings is 1. The summed E-state index contributed by atoms with van der Waals surface area (Å²) in [5, 5.41) is 0. The Balaban J connectivity index is 1.66. The highest BCUT2D eigenvalue weighted by molar-refractivity contribution is 5.96. The molecule has 0 aliphatic carbocycles. The second-order valence-electron chi connectivity index (χ2n) is 6.03. The van der Waals surface area contributed by atoms with Gasteiger partial charge in [-0.25, -0.2) is 0 Å². The molecule has 18 heavy (non-hydrogen) atoms. The van der Waals surface area contributed by atoms with Gasteiger partial charge in [-0.3, -0.25) is 4.79 Å². The SMILES string of the molecule is Cc1ccc(C(=O)CC2CC3CC[NH+]2CC3)cc1. The first-order chi connectivity index (χ1) is 8.72. The number of carbonyl (C=O) groups is 1.